The number of rotatable bonds is 2. The van der Waals surface area contributed by atoms with Crippen LogP contribution in [0, 0.1) is 24.1 Å². The van der Waals surface area contributed by atoms with Gasteiger partial charge in [0.1, 0.15) is 23.4 Å². The van der Waals surface area contributed by atoms with E-state index in [4.69, 9.17) is 10.00 Å². The lowest BCUT2D eigenvalue weighted by Crippen LogP contribution is -1.90. The zero-order valence-corrected chi connectivity index (χ0v) is 11.2. The molecular weight excluding hydrogens is 297 g/mol. The molecular formula is C14H9BrFNO. The Kier molecular flexibility index (Phi) is 3.63. The molecule has 4 heteroatoms. The van der Waals surface area contributed by atoms with Gasteiger partial charge in [-0.15, -0.1) is 0 Å². The predicted molar refractivity (Wildman–Crippen MR) is 70.1 cm³/mol. The van der Waals surface area contributed by atoms with Crippen molar-refractivity contribution in [1.29, 1.82) is 5.26 Å². The third-order valence-corrected chi connectivity index (χ3v) is 3.02. The Labute approximate surface area is 113 Å². The molecule has 0 aliphatic heterocycles. The Morgan fingerprint density at radius 2 is 1.94 bits per heavy atom. The van der Waals surface area contributed by atoms with Crippen molar-refractivity contribution < 1.29 is 9.13 Å². The Morgan fingerprint density at radius 1 is 1.17 bits per heavy atom. The number of aryl methyl sites for hydroxylation is 1. The molecule has 0 heterocycles. The lowest BCUT2D eigenvalue weighted by Gasteiger charge is -2.09. The van der Waals surface area contributed by atoms with Gasteiger partial charge in [0.15, 0.2) is 0 Å². The molecule has 0 atom stereocenters. The highest BCUT2D eigenvalue weighted by Gasteiger charge is 2.08. The first kappa shape index (κ1) is 12.6. The second-order valence-electron chi connectivity index (χ2n) is 3.79. The smallest absolute Gasteiger partial charge is 0.145 e. The van der Waals surface area contributed by atoms with Gasteiger partial charge in [-0.3, -0.25) is 0 Å². The minimum atomic E-state index is -0.390. The molecule has 0 bridgehead atoms. The van der Waals surface area contributed by atoms with Crippen molar-refractivity contribution in [3.63, 3.8) is 0 Å². The van der Waals surface area contributed by atoms with E-state index in [0.29, 0.717) is 21.5 Å². The minimum Gasteiger partial charge on any atom is -0.455 e. The number of benzene rings is 2. The van der Waals surface area contributed by atoms with Gasteiger partial charge in [-0.1, -0.05) is 6.07 Å². The lowest BCUT2D eigenvalue weighted by atomic mass is 10.1. The minimum absolute atomic E-state index is 0.343. The molecule has 2 aromatic carbocycles. The van der Waals surface area contributed by atoms with Crippen molar-refractivity contribution in [2.24, 2.45) is 0 Å². The normalized spacial score (nSPS) is 9.89. The maximum atomic E-state index is 13.1. The molecule has 18 heavy (non-hydrogen) atoms. The third-order valence-electron chi connectivity index (χ3n) is 2.37. The molecule has 0 unspecified atom stereocenters. The number of nitriles is 1. The summed E-state index contributed by atoms with van der Waals surface area (Å²) in [5.74, 6) is 0.364. The summed E-state index contributed by atoms with van der Waals surface area (Å²) in [4.78, 5) is 0. The van der Waals surface area contributed by atoms with Gasteiger partial charge < -0.3 is 4.74 Å². The summed E-state index contributed by atoms with van der Waals surface area (Å²) in [6.07, 6.45) is 0. The molecule has 0 aliphatic carbocycles. The third kappa shape index (κ3) is 2.69. The van der Waals surface area contributed by atoms with Crippen LogP contribution in [0.1, 0.15) is 11.1 Å². The maximum Gasteiger partial charge on any atom is 0.145 e. The zero-order chi connectivity index (χ0) is 13.1. The van der Waals surface area contributed by atoms with Gasteiger partial charge in [-0.05, 0) is 52.7 Å². The fourth-order valence-corrected chi connectivity index (χ4v) is 1.82. The summed E-state index contributed by atoms with van der Waals surface area (Å²) >= 11 is 3.27. The Balaban J connectivity index is 2.40. The molecule has 0 amide bonds. The van der Waals surface area contributed by atoms with Crippen LogP contribution < -0.4 is 4.74 Å². The quantitative estimate of drug-likeness (QED) is 0.815. The number of nitrogens with zero attached hydrogens (tertiary/aromatic N) is 1. The predicted octanol–water partition coefficient (Wildman–Crippen LogP) is 4.56. The van der Waals surface area contributed by atoms with Crippen molar-refractivity contribution in [3.8, 4) is 17.6 Å². The Morgan fingerprint density at radius 3 is 2.67 bits per heavy atom. The van der Waals surface area contributed by atoms with E-state index >= 15 is 0 Å². The first-order valence-electron chi connectivity index (χ1n) is 5.24. The molecule has 90 valence electrons. The molecule has 0 fully saturated rings. The fraction of sp³-hybridized carbons (Fsp3) is 0.0714. The van der Waals surface area contributed by atoms with Crippen LogP contribution in [0.4, 0.5) is 4.39 Å². The number of halogens is 2. The van der Waals surface area contributed by atoms with Crippen LogP contribution in [0.15, 0.2) is 40.9 Å². The molecule has 0 aliphatic rings. The first-order chi connectivity index (χ1) is 8.60. The van der Waals surface area contributed by atoms with E-state index < -0.39 is 0 Å². The highest BCUT2D eigenvalue weighted by Crippen LogP contribution is 2.32. The maximum absolute atomic E-state index is 13.1. The Hall–Kier alpha value is -1.86. The van der Waals surface area contributed by atoms with Crippen molar-refractivity contribution in [1.82, 2.24) is 0 Å². The summed E-state index contributed by atoms with van der Waals surface area (Å²) in [6.45, 7) is 1.89. The van der Waals surface area contributed by atoms with Gasteiger partial charge in [-0.25, -0.2) is 4.39 Å². The summed E-state index contributed by atoms with van der Waals surface area (Å²) in [6, 6.07) is 11.5. The number of ether oxygens (including phenoxy) is 1. The van der Waals surface area contributed by atoms with Crippen molar-refractivity contribution in [2.75, 3.05) is 0 Å². The van der Waals surface area contributed by atoms with Gasteiger partial charge in [0, 0.05) is 6.07 Å². The van der Waals surface area contributed by atoms with Gasteiger partial charge in [0.2, 0.25) is 0 Å². The summed E-state index contributed by atoms with van der Waals surface area (Å²) < 4.78 is 19.3. The van der Waals surface area contributed by atoms with E-state index in [1.54, 1.807) is 18.2 Å². The highest BCUT2D eigenvalue weighted by atomic mass is 79.9. The molecule has 2 nitrogen and oxygen atoms in total. The van der Waals surface area contributed by atoms with Crippen LogP contribution in [0.5, 0.6) is 11.5 Å². The monoisotopic (exact) mass is 305 g/mol. The van der Waals surface area contributed by atoms with Crippen LogP contribution in [0.3, 0.4) is 0 Å². The molecule has 0 radical (unpaired) electrons. The van der Waals surface area contributed by atoms with Crippen molar-refractivity contribution in [2.45, 2.75) is 6.92 Å². The summed E-state index contributed by atoms with van der Waals surface area (Å²) in [5.41, 5.74) is 1.39. The molecule has 0 saturated heterocycles. The highest BCUT2D eigenvalue weighted by molar-refractivity contribution is 9.10. The molecule has 0 saturated carbocycles. The van der Waals surface area contributed by atoms with Gasteiger partial charge in [0.05, 0.1) is 10.0 Å². The SMILES string of the molecule is Cc1ccc(Oc2cc(F)ccc2Br)c(C#N)c1. The van der Waals surface area contributed by atoms with Crippen LogP contribution in [-0.2, 0) is 0 Å². The van der Waals surface area contributed by atoms with E-state index in [-0.39, 0.29) is 5.82 Å². The van der Waals surface area contributed by atoms with Crippen LogP contribution in [-0.4, -0.2) is 0 Å². The topological polar surface area (TPSA) is 33.0 Å². The van der Waals surface area contributed by atoms with E-state index in [0.717, 1.165) is 5.56 Å². The van der Waals surface area contributed by atoms with Crippen molar-refractivity contribution in [3.05, 3.63) is 57.8 Å². The second kappa shape index (κ2) is 5.19. The van der Waals surface area contributed by atoms with E-state index in [2.05, 4.69) is 22.0 Å². The van der Waals surface area contributed by atoms with E-state index in [1.807, 2.05) is 13.0 Å². The first-order valence-corrected chi connectivity index (χ1v) is 6.03. The number of hydrogen-bond donors (Lipinski definition) is 0. The van der Waals surface area contributed by atoms with Gasteiger partial charge >= 0.3 is 0 Å². The molecule has 2 rings (SSSR count). The van der Waals surface area contributed by atoms with Crippen LogP contribution in [0.2, 0.25) is 0 Å². The van der Waals surface area contributed by atoms with Gasteiger partial charge in [0.25, 0.3) is 0 Å². The van der Waals surface area contributed by atoms with Crippen molar-refractivity contribution >= 4 is 15.9 Å². The van der Waals surface area contributed by atoms with Crippen LogP contribution in [0.25, 0.3) is 0 Å². The molecule has 2 aromatic rings. The molecule has 0 spiro atoms. The average molecular weight is 306 g/mol. The lowest BCUT2D eigenvalue weighted by molar-refractivity contribution is 0.472. The molecule has 0 N–H and O–H groups in total. The fourth-order valence-electron chi connectivity index (χ4n) is 1.49. The van der Waals surface area contributed by atoms with E-state index in [1.165, 1.54) is 12.1 Å². The summed E-state index contributed by atoms with van der Waals surface area (Å²) in [7, 11) is 0. The zero-order valence-electron chi connectivity index (χ0n) is 9.58. The standard InChI is InChI=1S/C14H9BrFNO/c1-9-2-5-13(10(6-9)8-17)18-14-7-11(16)3-4-12(14)15/h2-7H,1H3. The van der Waals surface area contributed by atoms with Gasteiger partial charge in [-0.2, -0.15) is 5.26 Å². The summed E-state index contributed by atoms with van der Waals surface area (Å²) in [5, 5.41) is 9.03. The molecule has 0 aromatic heterocycles. The second-order valence-corrected chi connectivity index (χ2v) is 4.64. The van der Waals surface area contributed by atoms with E-state index in [9.17, 15) is 4.39 Å². The Bertz CT molecular complexity index is 634. The number of hydrogen-bond acceptors (Lipinski definition) is 2. The van der Waals surface area contributed by atoms with Crippen LogP contribution >= 0.6 is 15.9 Å². The average Bonchev–Trinajstić information content (AvgIpc) is 2.36. The largest absolute Gasteiger partial charge is 0.455 e.